The van der Waals surface area contributed by atoms with E-state index in [1.54, 1.807) is 37.6 Å². The monoisotopic (exact) mass is 295 g/mol. The lowest BCUT2D eigenvalue weighted by Crippen LogP contribution is -1.92. The molecule has 2 rings (SSSR count). The fourth-order valence-electron chi connectivity index (χ4n) is 2.26. The van der Waals surface area contributed by atoms with Gasteiger partial charge >= 0.3 is 0 Å². The van der Waals surface area contributed by atoms with Gasteiger partial charge in [-0.05, 0) is 35.2 Å². The number of phenols is 1. The van der Waals surface area contributed by atoms with Crippen LogP contribution in [-0.2, 0) is 0 Å². The second kappa shape index (κ2) is 6.94. The van der Waals surface area contributed by atoms with E-state index in [1.807, 2.05) is 12.1 Å². The maximum atomic E-state index is 9.95. The van der Waals surface area contributed by atoms with Crippen molar-refractivity contribution in [1.29, 1.82) is 0 Å². The van der Waals surface area contributed by atoms with Gasteiger partial charge in [-0.2, -0.15) is 0 Å². The number of benzene rings is 2. The number of aromatic hydroxyl groups is 1. The van der Waals surface area contributed by atoms with Gasteiger partial charge in [0.05, 0.1) is 12.8 Å². The summed E-state index contributed by atoms with van der Waals surface area (Å²) in [6, 6.07) is 11.1. The number of rotatable bonds is 5. The van der Waals surface area contributed by atoms with Crippen LogP contribution in [0, 0.1) is 0 Å². The summed E-state index contributed by atoms with van der Waals surface area (Å²) >= 11 is 0. The van der Waals surface area contributed by atoms with Crippen LogP contribution in [0.2, 0.25) is 0 Å². The minimum absolute atomic E-state index is 0.173. The molecule has 0 unspecified atom stereocenters. The van der Waals surface area contributed by atoms with Crippen LogP contribution in [0.4, 0.5) is 5.69 Å². The standard InChI is InChI=1S/C19H21NO2/c1-5-14-7-6-8-17(13(2)3)19(14)20-12-15-11-16(22-4)9-10-18(15)21/h5-13,21H,1H2,2-4H3/b20-12+. The average Bonchev–Trinajstić information content (AvgIpc) is 2.53. The molecular weight excluding hydrogens is 274 g/mol. The smallest absolute Gasteiger partial charge is 0.124 e. The molecule has 3 nitrogen and oxygen atoms in total. The molecule has 2 aromatic carbocycles. The lowest BCUT2D eigenvalue weighted by Gasteiger charge is -2.12. The van der Waals surface area contributed by atoms with E-state index in [2.05, 4.69) is 31.5 Å². The molecule has 114 valence electrons. The quantitative estimate of drug-likeness (QED) is 0.796. The summed E-state index contributed by atoms with van der Waals surface area (Å²) in [5, 5.41) is 9.95. The van der Waals surface area contributed by atoms with Gasteiger partial charge in [0.15, 0.2) is 0 Å². The van der Waals surface area contributed by atoms with Crippen molar-refractivity contribution in [2.24, 2.45) is 4.99 Å². The molecule has 0 saturated carbocycles. The third-order valence-corrected chi connectivity index (χ3v) is 3.51. The highest BCUT2D eigenvalue weighted by atomic mass is 16.5. The van der Waals surface area contributed by atoms with Crippen LogP contribution in [0.25, 0.3) is 6.08 Å². The van der Waals surface area contributed by atoms with Crippen LogP contribution in [0.1, 0.15) is 36.5 Å². The Hall–Kier alpha value is -2.55. The highest BCUT2D eigenvalue weighted by Crippen LogP contribution is 2.31. The summed E-state index contributed by atoms with van der Waals surface area (Å²) < 4.78 is 5.18. The van der Waals surface area contributed by atoms with Crippen LogP contribution < -0.4 is 4.74 Å². The van der Waals surface area contributed by atoms with Crippen molar-refractivity contribution in [3.8, 4) is 11.5 Å². The number of methoxy groups -OCH3 is 1. The number of ether oxygens (including phenoxy) is 1. The van der Waals surface area contributed by atoms with Gasteiger partial charge in [-0.1, -0.05) is 44.7 Å². The largest absolute Gasteiger partial charge is 0.507 e. The SMILES string of the molecule is C=Cc1cccc(C(C)C)c1/N=C/c1cc(OC)ccc1O. The topological polar surface area (TPSA) is 41.8 Å². The molecule has 0 heterocycles. The summed E-state index contributed by atoms with van der Waals surface area (Å²) in [6.45, 7) is 8.11. The molecule has 0 amide bonds. The van der Waals surface area contributed by atoms with E-state index in [9.17, 15) is 5.11 Å². The molecule has 0 bridgehead atoms. The molecule has 0 aliphatic rings. The first kappa shape index (κ1) is 15.8. The molecule has 0 fully saturated rings. The molecule has 0 spiro atoms. The second-order valence-corrected chi connectivity index (χ2v) is 5.33. The predicted octanol–water partition coefficient (Wildman–Crippen LogP) is 4.92. The van der Waals surface area contributed by atoms with Gasteiger partial charge in [0.1, 0.15) is 11.5 Å². The fourth-order valence-corrected chi connectivity index (χ4v) is 2.26. The van der Waals surface area contributed by atoms with Crippen molar-refractivity contribution >= 4 is 18.0 Å². The van der Waals surface area contributed by atoms with Crippen LogP contribution in [0.5, 0.6) is 11.5 Å². The normalized spacial score (nSPS) is 11.1. The van der Waals surface area contributed by atoms with Gasteiger partial charge in [-0.25, -0.2) is 0 Å². The molecule has 3 heteroatoms. The predicted molar refractivity (Wildman–Crippen MR) is 92.5 cm³/mol. The Labute approximate surface area is 131 Å². The zero-order valence-corrected chi connectivity index (χ0v) is 13.2. The molecule has 0 aliphatic heterocycles. The Morgan fingerprint density at radius 2 is 1.95 bits per heavy atom. The highest BCUT2D eigenvalue weighted by molar-refractivity contribution is 5.87. The second-order valence-electron chi connectivity index (χ2n) is 5.33. The summed E-state index contributed by atoms with van der Waals surface area (Å²) in [5.74, 6) is 1.21. The molecular formula is C19H21NO2. The maximum Gasteiger partial charge on any atom is 0.124 e. The van der Waals surface area contributed by atoms with Gasteiger partial charge in [-0.15, -0.1) is 0 Å². The molecule has 0 aliphatic carbocycles. The van der Waals surface area contributed by atoms with Gasteiger partial charge in [0, 0.05) is 11.8 Å². The first-order valence-electron chi connectivity index (χ1n) is 7.23. The Balaban J connectivity index is 2.48. The van der Waals surface area contributed by atoms with Crippen molar-refractivity contribution < 1.29 is 9.84 Å². The average molecular weight is 295 g/mol. The number of para-hydroxylation sites is 1. The van der Waals surface area contributed by atoms with Crippen molar-refractivity contribution in [1.82, 2.24) is 0 Å². The zero-order chi connectivity index (χ0) is 16.1. The van der Waals surface area contributed by atoms with Gasteiger partial charge in [0.2, 0.25) is 0 Å². The van der Waals surface area contributed by atoms with Crippen LogP contribution in [0.3, 0.4) is 0 Å². The number of hydrogen-bond donors (Lipinski definition) is 1. The Morgan fingerprint density at radius 3 is 2.59 bits per heavy atom. The van der Waals surface area contributed by atoms with Crippen molar-refractivity contribution in [3.63, 3.8) is 0 Å². The third-order valence-electron chi connectivity index (χ3n) is 3.51. The molecule has 0 saturated heterocycles. The molecule has 0 atom stereocenters. The van der Waals surface area contributed by atoms with E-state index in [-0.39, 0.29) is 5.75 Å². The molecule has 0 radical (unpaired) electrons. The minimum atomic E-state index is 0.173. The van der Waals surface area contributed by atoms with Crippen molar-refractivity contribution in [2.45, 2.75) is 19.8 Å². The van der Waals surface area contributed by atoms with Crippen molar-refractivity contribution in [2.75, 3.05) is 7.11 Å². The Kier molecular flexibility index (Phi) is 4.99. The first-order chi connectivity index (χ1) is 10.6. The van der Waals surface area contributed by atoms with Gasteiger partial charge < -0.3 is 9.84 Å². The van der Waals surface area contributed by atoms with E-state index in [0.717, 1.165) is 16.8 Å². The van der Waals surface area contributed by atoms with Crippen molar-refractivity contribution in [3.05, 3.63) is 59.7 Å². The summed E-state index contributed by atoms with van der Waals surface area (Å²) in [5.41, 5.74) is 3.63. The molecule has 1 N–H and O–H groups in total. The Bertz CT molecular complexity index is 703. The number of aliphatic imine (C=N–C) groups is 1. The van der Waals surface area contributed by atoms with Gasteiger partial charge in [-0.3, -0.25) is 4.99 Å². The third kappa shape index (κ3) is 3.37. The van der Waals surface area contributed by atoms with E-state index in [1.165, 1.54) is 0 Å². The van der Waals surface area contributed by atoms with Gasteiger partial charge in [0.25, 0.3) is 0 Å². The zero-order valence-electron chi connectivity index (χ0n) is 13.2. The van der Waals surface area contributed by atoms with Crippen LogP contribution >= 0.6 is 0 Å². The molecule has 22 heavy (non-hydrogen) atoms. The summed E-state index contributed by atoms with van der Waals surface area (Å²) in [6.07, 6.45) is 3.45. The van der Waals surface area contributed by atoms with E-state index < -0.39 is 0 Å². The number of hydrogen-bond acceptors (Lipinski definition) is 3. The van der Waals surface area contributed by atoms with E-state index in [4.69, 9.17) is 4.74 Å². The summed E-state index contributed by atoms with van der Waals surface area (Å²) in [4.78, 5) is 4.59. The fraction of sp³-hybridized carbons (Fsp3) is 0.211. The molecule has 2 aromatic rings. The lowest BCUT2D eigenvalue weighted by atomic mass is 9.98. The van der Waals surface area contributed by atoms with Crippen LogP contribution in [-0.4, -0.2) is 18.4 Å². The summed E-state index contributed by atoms with van der Waals surface area (Å²) in [7, 11) is 1.59. The van der Waals surface area contributed by atoms with Crippen LogP contribution in [0.15, 0.2) is 48.0 Å². The van der Waals surface area contributed by atoms with E-state index >= 15 is 0 Å². The Morgan fingerprint density at radius 1 is 1.18 bits per heavy atom. The minimum Gasteiger partial charge on any atom is -0.507 e. The first-order valence-corrected chi connectivity index (χ1v) is 7.23. The molecule has 0 aromatic heterocycles. The number of phenolic OH excluding ortho intramolecular Hbond substituents is 1. The highest BCUT2D eigenvalue weighted by Gasteiger charge is 2.09. The van der Waals surface area contributed by atoms with E-state index in [0.29, 0.717) is 17.2 Å². The number of nitrogens with zero attached hydrogens (tertiary/aromatic N) is 1. The lowest BCUT2D eigenvalue weighted by molar-refractivity contribution is 0.412. The maximum absolute atomic E-state index is 9.95.